The molecule has 0 bridgehead atoms. The van der Waals surface area contributed by atoms with Gasteiger partial charge in [-0.15, -0.1) is 0 Å². The van der Waals surface area contributed by atoms with Gasteiger partial charge in [-0.05, 0) is 61.9 Å². The van der Waals surface area contributed by atoms with E-state index >= 15 is 0 Å². The molecule has 37 heavy (non-hydrogen) atoms. The number of carbonyl (C=O) groups is 2. The van der Waals surface area contributed by atoms with Gasteiger partial charge in [-0.1, -0.05) is 32.1 Å². The zero-order chi connectivity index (χ0) is 26.0. The molecule has 2 aromatic rings. The molecule has 5 N–H and O–H groups in total. The zero-order valence-electron chi connectivity index (χ0n) is 22.0. The van der Waals surface area contributed by atoms with E-state index in [9.17, 15) is 9.59 Å². The Balaban J connectivity index is 1.51. The molecule has 4 atom stereocenters. The van der Waals surface area contributed by atoms with Crippen LogP contribution in [0.4, 0.5) is 5.82 Å². The van der Waals surface area contributed by atoms with Gasteiger partial charge in [-0.25, -0.2) is 14.3 Å². The Labute approximate surface area is 219 Å². The van der Waals surface area contributed by atoms with Crippen LogP contribution in [-0.2, 0) is 22.7 Å². The topological polar surface area (TPSA) is 124 Å². The molecule has 1 aliphatic heterocycles. The maximum Gasteiger partial charge on any atom is 0.331 e. The van der Waals surface area contributed by atoms with E-state index in [0.29, 0.717) is 37.8 Å². The van der Waals surface area contributed by atoms with Crippen molar-refractivity contribution >= 4 is 17.6 Å². The molecule has 2 saturated carbocycles. The molecule has 2 aromatic heterocycles. The third kappa shape index (κ3) is 4.89. The molecule has 1 saturated heterocycles. The van der Waals surface area contributed by atoms with Gasteiger partial charge in [0.15, 0.2) is 5.54 Å². The number of aromatic nitrogens is 2. The van der Waals surface area contributed by atoms with Crippen molar-refractivity contribution in [3.63, 3.8) is 0 Å². The van der Waals surface area contributed by atoms with Gasteiger partial charge in [0.05, 0.1) is 6.54 Å². The molecule has 3 fully saturated rings. The fraction of sp³-hybridized carbons (Fsp3) is 0.586. The van der Waals surface area contributed by atoms with Crippen molar-refractivity contribution < 1.29 is 14.1 Å². The van der Waals surface area contributed by atoms with Crippen molar-refractivity contribution in [3.05, 3.63) is 53.5 Å². The van der Waals surface area contributed by atoms with Gasteiger partial charge in [-0.2, -0.15) is 0 Å². The third-order valence-electron chi connectivity index (χ3n) is 9.33. The molecule has 0 spiro atoms. The number of quaternary nitrogens is 1. The Kier molecular flexibility index (Phi) is 7.32. The normalized spacial score (nSPS) is 28.3. The van der Waals surface area contributed by atoms with Crippen molar-refractivity contribution in [3.8, 4) is 0 Å². The Bertz CT molecular complexity index is 1130. The Morgan fingerprint density at radius 1 is 1.11 bits per heavy atom. The number of nitrogens with two attached hydrogens (primary N) is 2. The monoisotopic (exact) mass is 505 g/mol. The van der Waals surface area contributed by atoms with Crippen molar-refractivity contribution in [1.82, 2.24) is 15.3 Å². The number of primary amides is 1. The number of likely N-dealkylation sites (tertiary alicyclic amines) is 1. The number of carbonyl (C=O) groups excluding carboxylic acids is 2. The van der Waals surface area contributed by atoms with E-state index in [1.54, 1.807) is 18.5 Å². The van der Waals surface area contributed by atoms with E-state index in [0.717, 1.165) is 48.9 Å². The third-order valence-corrected chi connectivity index (χ3v) is 9.33. The van der Waals surface area contributed by atoms with Crippen LogP contribution in [0.2, 0.25) is 0 Å². The summed E-state index contributed by atoms with van der Waals surface area (Å²) in [7, 11) is 0. The quantitative estimate of drug-likeness (QED) is 0.449. The summed E-state index contributed by atoms with van der Waals surface area (Å²) in [6.45, 7) is 3.57. The van der Waals surface area contributed by atoms with E-state index in [1.165, 1.54) is 19.3 Å². The number of hydrogen-bond donors (Lipinski definition) is 3. The van der Waals surface area contributed by atoms with Crippen LogP contribution in [-0.4, -0.2) is 44.4 Å². The molecular formula is C29H41N6O2+. The number of anilines is 1. The van der Waals surface area contributed by atoms with Gasteiger partial charge in [0.25, 0.3) is 5.91 Å². The van der Waals surface area contributed by atoms with Crippen LogP contribution < -0.4 is 16.8 Å². The molecule has 5 rings (SSSR count). The molecule has 0 radical (unpaired) electrons. The average Bonchev–Trinajstić information content (AvgIpc) is 3.66. The van der Waals surface area contributed by atoms with Crippen molar-refractivity contribution in [2.45, 2.75) is 89.4 Å². The first-order valence-electron chi connectivity index (χ1n) is 13.9. The van der Waals surface area contributed by atoms with Crippen LogP contribution in [0.3, 0.4) is 0 Å². The van der Waals surface area contributed by atoms with Crippen LogP contribution >= 0.6 is 0 Å². The van der Waals surface area contributed by atoms with E-state index in [4.69, 9.17) is 11.5 Å². The maximum absolute atomic E-state index is 14.9. The zero-order valence-corrected chi connectivity index (χ0v) is 22.0. The first kappa shape index (κ1) is 25.8. The predicted octanol–water partition coefficient (Wildman–Crippen LogP) is 3.38. The fourth-order valence-electron chi connectivity index (χ4n) is 7.24. The molecular weight excluding hydrogens is 464 g/mol. The lowest BCUT2D eigenvalue weighted by Gasteiger charge is -2.46. The van der Waals surface area contributed by atoms with Gasteiger partial charge < -0.3 is 11.5 Å². The summed E-state index contributed by atoms with van der Waals surface area (Å²) >= 11 is 0. The van der Waals surface area contributed by atoms with Crippen LogP contribution in [0.15, 0.2) is 36.7 Å². The minimum absolute atomic E-state index is 0.0974. The van der Waals surface area contributed by atoms with Crippen molar-refractivity contribution in [2.24, 2.45) is 17.6 Å². The summed E-state index contributed by atoms with van der Waals surface area (Å²) in [5, 5.41) is 3.63. The second-order valence-electron chi connectivity index (χ2n) is 11.5. The second-order valence-corrected chi connectivity index (χ2v) is 11.5. The number of nitrogens with zero attached hydrogens (tertiary/aromatic N) is 3. The SMILES string of the molecule is Cc1nc(N)ccc1C[N+]1(C(=O)[C@@H](CC2CCCCC2)NCc2ccncc2)CCC[C@@H]2C[C@@]21C(N)=O. The minimum Gasteiger partial charge on any atom is -0.384 e. The number of pyridine rings is 2. The number of nitrogens with one attached hydrogen (secondary N) is 1. The maximum atomic E-state index is 14.9. The lowest BCUT2D eigenvalue weighted by atomic mass is 9.83. The highest BCUT2D eigenvalue weighted by molar-refractivity contribution is 5.91. The second kappa shape index (κ2) is 10.5. The molecule has 3 heterocycles. The number of rotatable bonds is 9. The van der Waals surface area contributed by atoms with Gasteiger partial charge in [0, 0.05) is 42.5 Å². The van der Waals surface area contributed by atoms with E-state index < -0.39 is 5.54 Å². The van der Waals surface area contributed by atoms with Crippen molar-refractivity contribution in [2.75, 3.05) is 12.3 Å². The average molecular weight is 506 g/mol. The Morgan fingerprint density at radius 2 is 1.86 bits per heavy atom. The molecule has 3 aliphatic rings. The number of amides is 2. The highest BCUT2D eigenvalue weighted by Gasteiger charge is 2.76. The molecule has 8 nitrogen and oxygen atoms in total. The number of nitrogen functional groups attached to an aromatic ring is 1. The molecule has 1 unspecified atom stereocenters. The number of aryl methyl sites for hydroxylation is 1. The number of piperidine rings is 1. The predicted molar refractivity (Wildman–Crippen MR) is 143 cm³/mol. The van der Waals surface area contributed by atoms with Gasteiger partial charge in [-0.3, -0.25) is 15.1 Å². The van der Waals surface area contributed by atoms with Gasteiger partial charge in [0.2, 0.25) is 0 Å². The van der Waals surface area contributed by atoms with Crippen LogP contribution in [0.1, 0.15) is 74.6 Å². The summed E-state index contributed by atoms with van der Waals surface area (Å²) in [5.41, 5.74) is 14.1. The van der Waals surface area contributed by atoms with Crippen LogP contribution in [0, 0.1) is 18.8 Å². The van der Waals surface area contributed by atoms with Crippen molar-refractivity contribution in [1.29, 1.82) is 0 Å². The summed E-state index contributed by atoms with van der Waals surface area (Å²) < 4.78 is 0.0974. The first-order chi connectivity index (χ1) is 17.9. The lowest BCUT2D eigenvalue weighted by Crippen LogP contribution is -2.71. The largest absolute Gasteiger partial charge is 0.384 e. The standard InChI is InChI=1S/C29H40N6O2/c1-20-23(9-10-26(30)34-20)19-35(15-5-8-24-17-29(24,35)28(31)37)27(36)25(16-21-6-3-2-4-7-21)33-18-22-11-13-32-14-12-22/h9-14,21,24-25,33H,2-8,15-19H2,1H3,(H3-,30,31,34,37)/p+1/t24-,25-,29+,35?/m1/s1. The van der Waals surface area contributed by atoms with E-state index in [2.05, 4.69) is 15.3 Å². The molecule has 2 amide bonds. The highest BCUT2D eigenvalue weighted by Crippen LogP contribution is 2.59. The van der Waals surface area contributed by atoms with Gasteiger partial charge in [0.1, 0.15) is 18.4 Å². The minimum atomic E-state index is -0.827. The lowest BCUT2D eigenvalue weighted by molar-refractivity contribution is -0.900. The number of fused-ring (bicyclic) bond motifs is 1. The summed E-state index contributed by atoms with van der Waals surface area (Å²) in [5.74, 6) is 0.909. The first-order valence-corrected chi connectivity index (χ1v) is 13.9. The fourth-order valence-corrected chi connectivity index (χ4v) is 7.24. The Hall–Kier alpha value is -2.84. The summed E-state index contributed by atoms with van der Waals surface area (Å²) in [4.78, 5) is 36.6. The molecule has 0 aromatic carbocycles. The molecule has 198 valence electrons. The molecule has 8 heteroatoms. The highest BCUT2D eigenvalue weighted by atomic mass is 16.2. The Morgan fingerprint density at radius 3 is 2.57 bits per heavy atom. The van der Waals surface area contributed by atoms with Crippen LogP contribution in [0.25, 0.3) is 0 Å². The summed E-state index contributed by atoms with van der Waals surface area (Å²) in [6, 6.07) is 7.35. The smallest absolute Gasteiger partial charge is 0.331 e. The molecule has 2 aliphatic carbocycles. The number of hydrogen-bond acceptors (Lipinski definition) is 6. The van der Waals surface area contributed by atoms with Crippen LogP contribution in [0.5, 0.6) is 0 Å². The van der Waals surface area contributed by atoms with E-state index in [1.807, 2.05) is 25.1 Å². The van der Waals surface area contributed by atoms with E-state index in [-0.39, 0.29) is 28.3 Å². The van der Waals surface area contributed by atoms with Gasteiger partial charge >= 0.3 is 5.91 Å². The summed E-state index contributed by atoms with van der Waals surface area (Å²) in [6.07, 6.45) is 12.9.